The molecule has 1 aliphatic heterocycles. The van der Waals surface area contributed by atoms with Gasteiger partial charge in [0.25, 0.3) is 0 Å². The Morgan fingerprint density at radius 1 is 1.05 bits per heavy atom. The van der Waals surface area contributed by atoms with Gasteiger partial charge in [0.1, 0.15) is 0 Å². The van der Waals surface area contributed by atoms with Gasteiger partial charge in [-0.3, -0.25) is 4.98 Å². The third-order valence-electron chi connectivity index (χ3n) is 3.40. The maximum Gasteiger partial charge on any atom is 0.203 e. The largest absolute Gasteiger partial charge is 0.342 e. The lowest BCUT2D eigenvalue weighted by Gasteiger charge is -2.21. The Kier molecular flexibility index (Phi) is 4.50. The lowest BCUT2D eigenvalue weighted by molar-refractivity contribution is 0.518. The molecule has 0 aliphatic carbocycles. The summed E-state index contributed by atoms with van der Waals surface area (Å²) in [4.78, 5) is 11.1. The summed E-state index contributed by atoms with van der Waals surface area (Å²) in [5.74, 6) is 0.904. The normalized spacial score (nSPS) is 15.3. The fourth-order valence-corrected chi connectivity index (χ4v) is 2.57. The van der Waals surface area contributed by atoms with Gasteiger partial charge in [0.2, 0.25) is 5.96 Å². The molecule has 0 bridgehead atoms. The number of aliphatic imine (C=N–C) groups is 1. The molecule has 0 spiro atoms. The first kappa shape index (κ1) is 14.1. The third kappa shape index (κ3) is 3.82. The van der Waals surface area contributed by atoms with Gasteiger partial charge in [0.05, 0.1) is 5.69 Å². The van der Waals surface area contributed by atoms with Crippen molar-refractivity contribution < 1.29 is 0 Å². The molecule has 1 aromatic carbocycles. The van der Waals surface area contributed by atoms with Crippen LogP contribution in [0.3, 0.4) is 0 Å². The van der Waals surface area contributed by atoms with Gasteiger partial charge in [-0.25, -0.2) is 4.99 Å². The molecule has 0 unspecified atom stereocenters. The second-order valence-corrected chi connectivity index (χ2v) is 5.88. The second kappa shape index (κ2) is 6.72. The predicted octanol–water partition coefficient (Wildman–Crippen LogP) is 4.04. The third-order valence-corrected chi connectivity index (χ3v) is 3.93. The topological polar surface area (TPSA) is 40.5 Å². The Morgan fingerprint density at radius 2 is 1.71 bits per heavy atom. The fraction of sp³-hybridized carbons (Fsp3) is 0.250. The van der Waals surface area contributed by atoms with Crippen molar-refractivity contribution in [3.05, 3.63) is 53.3 Å². The van der Waals surface area contributed by atoms with E-state index in [0.29, 0.717) is 0 Å². The van der Waals surface area contributed by atoms with Crippen molar-refractivity contribution in [3.8, 4) is 0 Å². The fourth-order valence-electron chi connectivity index (χ4n) is 2.31. The van der Waals surface area contributed by atoms with Crippen molar-refractivity contribution in [1.29, 1.82) is 0 Å². The standard InChI is InChI=1S/C16H17BrN4/c17-13-3-5-14(6-4-13)19-16(21-11-1-2-12-21)20-15-7-9-18-10-8-15/h3-10H,1-2,11-12H2,(H,18,19,20). The summed E-state index contributed by atoms with van der Waals surface area (Å²) in [7, 11) is 0. The molecule has 108 valence electrons. The van der Waals surface area contributed by atoms with E-state index in [-0.39, 0.29) is 0 Å². The highest BCUT2D eigenvalue weighted by Crippen LogP contribution is 2.18. The van der Waals surface area contributed by atoms with Gasteiger partial charge in [0.15, 0.2) is 0 Å². The predicted molar refractivity (Wildman–Crippen MR) is 89.9 cm³/mol. The van der Waals surface area contributed by atoms with Crippen molar-refractivity contribution in [2.24, 2.45) is 4.99 Å². The first-order valence-electron chi connectivity index (χ1n) is 7.07. The first-order chi connectivity index (χ1) is 10.3. The van der Waals surface area contributed by atoms with E-state index in [0.717, 1.165) is 34.9 Å². The molecule has 0 amide bonds. The maximum absolute atomic E-state index is 4.74. The number of halogens is 1. The second-order valence-electron chi connectivity index (χ2n) is 4.97. The summed E-state index contributed by atoms with van der Waals surface area (Å²) in [6.07, 6.45) is 5.97. The van der Waals surface area contributed by atoms with Crippen LogP contribution in [0.1, 0.15) is 12.8 Å². The summed E-state index contributed by atoms with van der Waals surface area (Å²) in [6, 6.07) is 12.0. The van der Waals surface area contributed by atoms with E-state index in [1.165, 1.54) is 12.8 Å². The van der Waals surface area contributed by atoms with E-state index in [1.807, 2.05) is 36.4 Å². The van der Waals surface area contributed by atoms with Crippen LogP contribution in [-0.4, -0.2) is 28.9 Å². The first-order valence-corrected chi connectivity index (χ1v) is 7.87. The zero-order chi connectivity index (χ0) is 14.5. The molecule has 3 rings (SSSR count). The highest BCUT2D eigenvalue weighted by molar-refractivity contribution is 9.10. The van der Waals surface area contributed by atoms with Crippen LogP contribution >= 0.6 is 15.9 Å². The number of likely N-dealkylation sites (tertiary alicyclic amines) is 1. The highest BCUT2D eigenvalue weighted by Gasteiger charge is 2.16. The summed E-state index contributed by atoms with van der Waals surface area (Å²) >= 11 is 3.46. The van der Waals surface area contributed by atoms with E-state index in [2.05, 4.69) is 31.1 Å². The van der Waals surface area contributed by atoms with E-state index in [4.69, 9.17) is 4.99 Å². The van der Waals surface area contributed by atoms with Crippen LogP contribution in [0.15, 0.2) is 58.3 Å². The van der Waals surface area contributed by atoms with Gasteiger partial charge in [-0.2, -0.15) is 0 Å². The molecule has 0 atom stereocenters. The summed E-state index contributed by atoms with van der Waals surface area (Å²) in [6.45, 7) is 2.10. The number of hydrogen-bond donors (Lipinski definition) is 1. The Hall–Kier alpha value is -1.88. The number of hydrogen-bond acceptors (Lipinski definition) is 2. The van der Waals surface area contributed by atoms with Crippen molar-refractivity contribution in [2.45, 2.75) is 12.8 Å². The average Bonchev–Trinajstić information content (AvgIpc) is 3.04. The number of anilines is 1. The molecule has 1 aliphatic rings. The molecule has 2 heterocycles. The van der Waals surface area contributed by atoms with E-state index in [1.54, 1.807) is 12.4 Å². The average molecular weight is 345 g/mol. The van der Waals surface area contributed by atoms with E-state index >= 15 is 0 Å². The molecule has 0 saturated carbocycles. The van der Waals surface area contributed by atoms with Crippen molar-refractivity contribution in [3.63, 3.8) is 0 Å². The van der Waals surface area contributed by atoms with Crippen LogP contribution in [0, 0.1) is 0 Å². The molecular weight excluding hydrogens is 328 g/mol. The van der Waals surface area contributed by atoms with Crippen LogP contribution in [0.4, 0.5) is 11.4 Å². The van der Waals surface area contributed by atoms with Gasteiger partial charge in [0, 0.05) is 35.6 Å². The van der Waals surface area contributed by atoms with E-state index in [9.17, 15) is 0 Å². The van der Waals surface area contributed by atoms with Gasteiger partial charge in [-0.15, -0.1) is 0 Å². The minimum absolute atomic E-state index is 0.904. The lowest BCUT2D eigenvalue weighted by atomic mass is 10.3. The van der Waals surface area contributed by atoms with Gasteiger partial charge in [-0.05, 0) is 49.2 Å². The number of benzene rings is 1. The van der Waals surface area contributed by atoms with E-state index < -0.39 is 0 Å². The number of nitrogens with one attached hydrogen (secondary N) is 1. The van der Waals surface area contributed by atoms with Crippen LogP contribution in [0.5, 0.6) is 0 Å². The SMILES string of the molecule is Brc1ccc(NC(=Nc2ccncc2)N2CCCC2)cc1. The maximum atomic E-state index is 4.74. The molecular formula is C16H17BrN4. The van der Waals surface area contributed by atoms with Gasteiger partial charge in [-0.1, -0.05) is 15.9 Å². The Morgan fingerprint density at radius 3 is 2.38 bits per heavy atom. The summed E-state index contributed by atoms with van der Waals surface area (Å²) < 4.78 is 1.07. The zero-order valence-corrected chi connectivity index (χ0v) is 13.3. The molecule has 21 heavy (non-hydrogen) atoms. The van der Waals surface area contributed by atoms with Crippen molar-refractivity contribution in [1.82, 2.24) is 9.88 Å². The zero-order valence-electron chi connectivity index (χ0n) is 11.7. The number of rotatable bonds is 2. The number of guanidine groups is 1. The Labute approximate surface area is 133 Å². The smallest absolute Gasteiger partial charge is 0.203 e. The van der Waals surface area contributed by atoms with Crippen LogP contribution in [0.2, 0.25) is 0 Å². The molecule has 1 fully saturated rings. The van der Waals surface area contributed by atoms with Gasteiger partial charge < -0.3 is 10.2 Å². The highest BCUT2D eigenvalue weighted by atomic mass is 79.9. The van der Waals surface area contributed by atoms with Crippen molar-refractivity contribution >= 4 is 33.3 Å². The minimum Gasteiger partial charge on any atom is -0.342 e. The number of nitrogens with zero attached hydrogens (tertiary/aromatic N) is 3. The molecule has 0 radical (unpaired) electrons. The van der Waals surface area contributed by atoms with Crippen molar-refractivity contribution in [2.75, 3.05) is 18.4 Å². The molecule has 1 aromatic heterocycles. The van der Waals surface area contributed by atoms with Crippen LogP contribution < -0.4 is 5.32 Å². The quantitative estimate of drug-likeness (QED) is 0.660. The van der Waals surface area contributed by atoms with Crippen LogP contribution in [-0.2, 0) is 0 Å². The minimum atomic E-state index is 0.904. The Balaban J connectivity index is 1.85. The summed E-state index contributed by atoms with van der Waals surface area (Å²) in [5, 5.41) is 3.43. The van der Waals surface area contributed by atoms with Crippen LogP contribution in [0.25, 0.3) is 0 Å². The Bertz CT molecular complexity index is 604. The molecule has 5 heteroatoms. The van der Waals surface area contributed by atoms with Gasteiger partial charge >= 0.3 is 0 Å². The summed E-state index contributed by atoms with van der Waals surface area (Å²) in [5.41, 5.74) is 1.95. The number of pyridine rings is 1. The molecule has 1 N–H and O–H groups in total. The number of aromatic nitrogens is 1. The molecule has 4 nitrogen and oxygen atoms in total. The monoisotopic (exact) mass is 344 g/mol. The molecule has 2 aromatic rings. The lowest BCUT2D eigenvalue weighted by Crippen LogP contribution is -2.33. The molecule has 1 saturated heterocycles.